The zero-order valence-corrected chi connectivity index (χ0v) is 15.8. The number of likely N-dealkylation sites (N-methyl/N-ethyl adjacent to an activating group) is 1. The molecule has 2 amide bonds. The Hall–Kier alpha value is -3.25. The molecule has 2 atom stereocenters. The second-order valence-electron chi connectivity index (χ2n) is 6.64. The Kier molecular flexibility index (Phi) is 6.01. The van der Waals surface area contributed by atoms with E-state index in [2.05, 4.69) is 20.8 Å². The van der Waals surface area contributed by atoms with Gasteiger partial charge in [0.2, 0.25) is 11.8 Å². The number of nitrogens with zero attached hydrogens (tertiary/aromatic N) is 4. The summed E-state index contributed by atoms with van der Waals surface area (Å²) >= 11 is 0. The molecule has 9 heteroatoms. The van der Waals surface area contributed by atoms with Gasteiger partial charge in [-0.2, -0.15) is 10.2 Å². The molecule has 3 rings (SSSR count). The SMILES string of the molecule is CCN(Cc1noc(C)n1)C(=O)C1CC(NC(=O)c2cccc(C#N)c2)CN1. The van der Waals surface area contributed by atoms with Crippen molar-refractivity contribution in [2.24, 2.45) is 0 Å². The minimum atomic E-state index is -0.385. The number of benzene rings is 1. The van der Waals surface area contributed by atoms with Crippen LogP contribution in [-0.4, -0.2) is 52.0 Å². The van der Waals surface area contributed by atoms with E-state index in [1.807, 2.05) is 13.0 Å². The van der Waals surface area contributed by atoms with Crippen LogP contribution in [0.2, 0.25) is 0 Å². The summed E-state index contributed by atoms with van der Waals surface area (Å²) in [6.07, 6.45) is 0.490. The van der Waals surface area contributed by atoms with Crippen molar-refractivity contribution < 1.29 is 14.1 Å². The van der Waals surface area contributed by atoms with Crippen LogP contribution in [0, 0.1) is 18.3 Å². The number of carbonyl (C=O) groups is 2. The lowest BCUT2D eigenvalue weighted by Crippen LogP contribution is -2.43. The largest absolute Gasteiger partial charge is 0.348 e. The molecule has 0 aliphatic carbocycles. The third kappa shape index (κ3) is 4.53. The van der Waals surface area contributed by atoms with Gasteiger partial charge in [0.1, 0.15) is 0 Å². The Morgan fingerprint density at radius 3 is 2.96 bits per heavy atom. The molecular formula is C19H22N6O3. The molecule has 1 aromatic carbocycles. The van der Waals surface area contributed by atoms with Gasteiger partial charge in [-0.15, -0.1) is 0 Å². The highest BCUT2D eigenvalue weighted by molar-refractivity contribution is 5.94. The van der Waals surface area contributed by atoms with Crippen molar-refractivity contribution in [1.29, 1.82) is 5.26 Å². The monoisotopic (exact) mass is 382 g/mol. The number of aromatic nitrogens is 2. The highest BCUT2D eigenvalue weighted by Gasteiger charge is 2.33. The molecule has 146 valence electrons. The molecule has 2 N–H and O–H groups in total. The molecular weight excluding hydrogens is 360 g/mol. The summed E-state index contributed by atoms with van der Waals surface area (Å²) in [5.74, 6) is 0.605. The first kappa shape index (κ1) is 19.5. The van der Waals surface area contributed by atoms with Crippen molar-refractivity contribution in [2.75, 3.05) is 13.1 Å². The fourth-order valence-electron chi connectivity index (χ4n) is 3.17. The average Bonchev–Trinajstić information content (AvgIpc) is 3.34. The third-order valence-corrected chi connectivity index (χ3v) is 4.61. The van der Waals surface area contributed by atoms with Crippen LogP contribution in [0.3, 0.4) is 0 Å². The minimum absolute atomic E-state index is 0.0619. The summed E-state index contributed by atoms with van der Waals surface area (Å²) < 4.78 is 4.95. The van der Waals surface area contributed by atoms with Gasteiger partial charge in [-0.1, -0.05) is 11.2 Å². The van der Waals surface area contributed by atoms with Gasteiger partial charge < -0.3 is 20.1 Å². The molecule has 2 aromatic rings. The van der Waals surface area contributed by atoms with Gasteiger partial charge in [-0.3, -0.25) is 9.59 Å². The molecule has 1 aliphatic heterocycles. The van der Waals surface area contributed by atoms with Crippen LogP contribution >= 0.6 is 0 Å². The lowest BCUT2D eigenvalue weighted by molar-refractivity contribution is -0.133. The Balaban J connectivity index is 1.57. The van der Waals surface area contributed by atoms with Crippen molar-refractivity contribution in [3.05, 3.63) is 47.1 Å². The van der Waals surface area contributed by atoms with E-state index >= 15 is 0 Å². The predicted octanol–water partition coefficient (Wildman–Crippen LogP) is 0.759. The van der Waals surface area contributed by atoms with Crippen LogP contribution in [0.15, 0.2) is 28.8 Å². The predicted molar refractivity (Wildman–Crippen MR) is 98.9 cm³/mol. The van der Waals surface area contributed by atoms with E-state index in [9.17, 15) is 9.59 Å². The maximum atomic E-state index is 12.8. The van der Waals surface area contributed by atoms with Gasteiger partial charge in [-0.25, -0.2) is 0 Å². The number of carbonyl (C=O) groups excluding carboxylic acids is 2. The van der Waals surface area contributed by atoms with Crippen molar-refractivity contribution >= 4 is 11.8 Å². The first-order valence-corrected chi connectivity index (χ1v) is 9.12. The summed E-state index contributed by atoms with van der Waals surface area (Å²) in [6, 6.07) is 7.99. The number of nitriles is 1. The molecule has 9 nitrogen and oxygen atoms in total. The maximum absolute atomic E-state index is 12.8. The normalized spacial score (nSPS) is 18.5. The van der Waals surface area contributed by atoms with Gasteiger partial charge in [0.15, 0.2) is 5.82 Å². The summed E-state index contributed by atoms with van der Waals surface area (Å²) in [7, 11) is 0. The van der Waals surface area contributed by atoms with Crippen LogP contribution in [0.4, 0.5) is 0 Å². The Morgan fingerprint density at radius 1 is 1.46 bits per heavy atom. The molecule has 1 aromatic heterocycles. The molecule has 0 bridgehead atoms. The average molecular weight is 382 g/mol. The molecule has 0 radical (unpaired) electrons. The third-order valence-electron chi connectivity index (χ3n) is 4.61. The minimum Gasteiger partial charge on any atom is -0.348 e. The smallest absolute Gasteiger partial charge is 0.251 e. The van der Waals surface area contributed by atoms with Crippen molar-refractivity contribution in [3.63, 3.8) is 0 Å². The van der Waals surface area contributed by atoms with Crippen LogP contribution < -0.4 is 10.6 Å². The highest BCUT2D eigenvalue weighted by Crippen LogP contribution is 2.13. The second-order valence-corrected chi connectivity index (χ2v) is 6.64. The lowest BCUT2D eigenvalue weighted by atomic mass is 10.1. The summed E-state index contributed by atoms with van der Waals surface area (Å²) in [5, 5.41) is 18.9. The van der Waals surface area contributed by atoms with Gasteiger partial charge in [0.05, 0.1) is 24.2 Å². The number of amides is 2. The molecule has 0 spiro atoms. The fourth-order valence-corrected chi connectivity index (χ4v) is 3.17. The number of hydrogen-bond donors (Lipinski definition) is 2. The van der Waals surface area contributed by atoms with E-state index in [1.54, 1.807) is 36.1 Å². The first-order valence-electron chi connectivity index (χ1n) is 9.12. The zero-order chi connectivity index (χ0) is 20.1. The first-order chi connectivity index (χ1) is 13.5. The van der Waals surface area contributed by atoms with Crippen LogP contribution in [0.25, 0.3) is 0 Å². The van der Waals surface area contributed by atoms with Gasteiger partial charge >= 0.3 is 0 Å². The second kappa shape index (κ2) is 8.63. The fraction of sp³-hybridized carbons (Fsp3) is 0.421. The van der Waals surface area contributed by atoms with E-state index in [1.165, 1.54) is 0 Å². The lowest BCUT2D eigenvalue weighted by Gasteiger charge is -2.23. The van der Waals surface area contributed by atoms with Gasteiger partial charge in [-0.05, 0) is 31.5 Å². The van der Waals surface area contributed by atoms with E-state index < -0.39 is 0 Å². The number of hydrogen-bond acceptors (Lipinski definition) is 7. The van der Waals surface area contributed by atoms with E-state index in [0.717, 1.165) is 0 Å². The van der Waals surface area contributed by atoms with Crippen molar-refractivity contribution in [3.8, 4) is 6.07 Å². The molecule has 1 aliphatic rings. The highest BCUT2D eigenvalue weighted by atomic mass is 16.5. The van der Waals surface area contributed by atoms with Gasteiger partial charge in [0.25, 0.3) is 5.91 Å². The Morgan fingerprint density at radius 2 is 2.29 bits per heavy atom. The Labute approximate surface area is 162 Å². The van der Waals surface area contributed by atoms with E-state index in [-0.39, 0.29) is 30.4 Å². The molecule has 2 heterocycles. The number of aryl methyl sites for hydroxylation is 1. The maximum Gasteiger partial charge on any atom is 0.251 e. The number of nitrogens with one attached hydrogen (secondary N) is 2. The standard InChI is InChI=1S/C19H22N6O3/c1-3-25(11-17-22-12(2)28-24-17)19(27)16-8-15(10-21-16)23-18(26)14-6-4-5-13(7-14)9-20/h4-7,15-16,21H,3,8,10-11H2,1-2H3,(H,23,26). The summed E-state index contributed by atoms with van der Waals surface area (Å²) in [4.78, 5) is 31.0. The summed E-state index contributed by atoms with van der Waals surface area (Å²) in [5.41, 5.74) is 0.858. The summed E-state index contributed by atoms with van der Waals surface area (Å²) in [6.45, 7) is 4.89. The quantitative estimate of drug-likeness (QED) is 0.756. The molecule has 0 saturated carbocycles. The van der Waals surface area contributed by atoms with Gasteiger partial charge in [0, 0.05) is 31.6 Å². The Bertz CT molecular complexity index is 903. The zero-order valence-electron chi connectivity index (χ0n) is 15.8. The van der Waals surface area contributed by atoms with E-state index in [0.29, 0.717) is 42.4 Å². The molecule has 28 heavy (non-hydrogen) atoms. The molecule has 2 unspecified atom stereocenters. The van der Waals surface area contributed by atoms with Crippen LogP contribution in [-0.2, 0) is 11.3 Å². The van der Waals surface area contributed by atoms with Crippen LogP contribution in [0.1, 0.15) is 41.0 Å². The van der Waals surface area contributed by atoms with Crippen LogP contribution in [0.5, 0.6) is 0 Å². The number of rotatable bonds is 6. The molecule has 1 fully saturated rings. The van der Waals surface area contributed by atoms with Crippen molar-refractivity contribution in [1.82, 2.24) is 25.7 Å². The molecule has 1 saturated heterocycles. The van der Waals surface area contributed by atoms with E-state index in [4.69, 9.17) is 9.78 Å². The van der Waals surface area contributed by atoms with Crippen molar-refractivity contribution in [2.45, 2.75) is 38.9 Å². The topological polar surface area (TPSA) is 124 Å².